The Morgan fingerprint density at radius 2 is 1.94 bits per heavy atom. The first kappa shape index (κ1) is 12.7. The van der Waals surface area contributed by atoms with Crippen molar-refractivity contribution >= 4 is 8.17 Å². The molecular formula is C11H16O5P+. The summed E-state index contributed by atoms with van der Waals surface area (Å²) >= 11 is 0. The molecule has 0 radical (unpaired) electrons. The van der Waals surface area contributed by atoms with E-state index < -0.39 is 19.9 Å². The van der Waals surface area contributed by atoms with E-state index in [4.69, 9.17) is 13.8 Å². The van der Waals surface area contributed by atoms with E-state index in [1.807, 2.05) is 18.2 Å². The van der Waals surface area contributed by atoms with Crippen LogP contribution in [0.15, 0.2) is 24.3 Å². The molecule has 1 heterocycles. The average Bonchev–Trinajstić information content (AvgIpc) is 2.46. The Bertz CT molecular complexity index is 418. The predicted molar refractivity (Wildman–Crippen MR) is 63.3 cm³/mol. The number of ether oxygens (including phenoxy) is 1. The van der Waals surface area contributed by atoms with Crippen LogP contribution in [0.25, 0.3) is 0 Å². The van der Waals surface area contributed by atoms with E-state index >= 15 is 0 Å². The smallest absolute Gasteiger partial charge is 0.496 e. The summed E-state index contributed by atoms with van der Waals surface area (Å²) < 4.78 is 15.6. The zero-order valence-corrected chi connectivity index (χ0v) is 10.8. The Labute approximate surface area is 101 Å². The number of rotatable bonds is 2. The Morgan fingerprint density at radius 1 is 1.29 bits per heavy atom. The summed E-state index contributed by atoms with van der Waals surface area (Å²) in [5.74, 6) is 0.635. The normalized spacial score (nSPS) is 25.8. The molecule has 0 aliphatic carbocycles. The van der Waals surface area contributed by atoms with E-state index in [1.165, 1.54) is 0 Å². The topological polar surface area (TPSA) is 68.2 Å². The van der Waals surface area contributed by atoms with Gasteiger partial charge in [-0.1, -0.05) is 18.2 Å². The fourth-order valence-electron chi connectivity index (χ4n) is 1.95. The Kier molecular flexibility index (Phi) is 3.14. The van der Waals surface area contributed by atoms with Crippen LogP contribution < -0.4 is 4.74 Å². The second-order valence-electron chi connectivity index (χ2n) is 4.41. The molecule has 0 saturated carbocycles. The van der Waals surface area contributed by atoms with Crippen molar-refractivity contribution < 1.29 is 23.6 Å². The van der Waals surface area contributed by atoms with Gasteiger partial charge in [-0.3, -0.25) is 0 Å². The predicted octanol–water partition coefficient (Wildman–Crippen LogP) is 2.22. The molecule has 17 heavy (non-hydrogen) atoms. The Morgan fingerprint density at radius 3 is 2.47 bits per heavy atom. The van der Waals surface area contributed by atoms with Gasteiger partial charge in [-0.05, 0) is 19.9 Å². The molecule has 1 aliphatic rings. The third kappa shape index (κ3) is 2.44. The lowest BCUT2D eigenvalue weighted by molar-refractivity contribution is 0.0691. The van der Waals surface area contributed by atoms with Gasteiger partial charge < -0.3 is 4.74 Å². The van der Waals surface area contributed by atoms with Gasteiger partial charge in [-0.15, -0.1) is 9.05 Å². The van der Waals surface area contributed by atoms with E-state index in [1.54, 1.807) is 27.0 Å². The summed E-state index contributed by atoms with van der Waals surface area (Å²) in [4.78, 5) is 19.0. The highest BCUT2D eigenvalue weighted by Crippen LogP contribution is 2.68. The molecule has 0 spiro atoms. The Hall–Kier alpha value is -0.710. The first-order chi connectivity index (χ1) is 7.86. The lowest BCUT2D eigenvalue weighted by Crippen LogP contribution is -2.26. The molecule has 5 nitrogen and oxygen atoms in total. The average molecular weight is 259 g/mol. The summed E-state index contributed by atoms with van der Waals surface area (Å²) in [6.07, 6.45) is -0.568. The minimum Gasteiger partial charge on any atom is -0.496 e. The lowest BCUT2D eigenvalue weighted by atomic mass is 9.94. The molecule has 1 aliphatic heterocycles. The summed E-state index contributed by atoms with van der Waals surface area (Å²) in [7, 11) is -2.16. The van der Waals surface area contributed by atoms with E-state index in [0.717, 1.165) is 5.56 Å². The second kappa shape index (κ2) is 4.19. The number of hydrogen-bond acceptors (Lipinski definition) is 5. The molecule has 0 amide bonds. The maximum Gasteiger partial charge on any atom is 0.571 e. The van der Waals surface area contributed by atoms with Crippen molar-refractivity contribution in [3.05, 3.63) is 29.8 Å². The molecule has 0 bridgehead atoms. The zero-order valence-electron chi connectivity index (χ0n) is 9.95. The van der Waals surface area contributed by atoms with Gasteiger partial charge in [-0.25, -0.2) is 0 Å². The highest BCUT2D eigenvalue weighted by atomic mass is 31.2. The fourth-order valence-corrected chi connectivity index (χ4v) is 3.35. The van der Waals surface area contributed by atoms with Crippen LogP contribution in [-0.2, 0) is 9.05 Å². The molecular weight excluding hydrogens is 243 g/mol. The van der Waals surface area contributed by atoms with Crippen molar-refractivity contribution in [1.29, 1.82) is 0 Å². The highest BCUT2D eigenvalue weighted by Gasteiger charge is 2.62. The molecule has 6 heteroatoms. The molecule has 1 saturated heterocycles. The SMILES string of the molecule is COc1ccccc1C1O[P+](O)(O)OC1(C)C. The molecule has 1 aromatic carbocycles. The molecule has 1 unspecified atom stereocenters. The number of para-hydroxylation sites is 1. The van der Waals surface area contributed by atoms with Crippen LogP contribution in [0.2, 0.25) is 0 Å². The van der Waals surface area contributed by atoms with Crippen LogP contribution in [-0.4, -0.2) is 22.5 Å². The lowest BCUT2D eigenvalue weighted by Gasteiger charge is -2.19. The number of methoxy groups -OCH3 is 1. The molecule has 2 rings (SSSR count). The van der Waals surface area contributed by atoms with Crippen molar-refractivity contribution in [2.75, 3.05) is 7.11 Å². The van der Waals surface area contributed by atoms with E-state index in [2.05, 4.69) is 0 Å². The van der Waals surface area contributed by atoms with Crippen molar-refractivity contribution in [3.63, 3.8) is 0 Å². The first-order valence-corrected chi connectivity index (χ1v) is 6.75. The summed E-state index contributed by atoms with van der Waals surface area (Å²) in [6, 6.07) is 7.29. The molecule has 1 fully saturated rings. The van der Waals surface area contributed by atoms with Crippen LogP contribution in [0.1, 0.15) is 25.5 Å². The van der Waals surface area contributed by atoms with Crippen LogP contribution in [0.5, 0.6) is 5.75 Å². The fraction of sp³-hybridized carbons (Fsp3) is 0.455. The third-order valence-electron chi connectivity index (χ3n) is 2.65. The standard InChI is InChI=1S/C11H16O5P/c1-11(2)10(15-17(12,13)16-11)8-6-4-5-7-9(8)14-3/h4-7,10,12-13H,1-3H3/q+1. The van der Waals surface area contributed by atoms with E-state index in [-0.39, 0.29) is 0 Å². The minimum atomic E-state index is -3.72. The van der Waals surface area contributed by atoms with Gasteiger partial charge >= 0.3 is 8.17 Å². The molecule has 1 aromatic rings. The molecule has 94 valence electrons. The van der Waals surface area contributed by atoms with E-state index in [0.29, 0.717) is 5.75 Å². The second-order valence-corrected chi connectivity index (χ2v) is 5.79. The molecule has 1 atom stereocenters. The van der Waals surface area contributed by atoms with Gasteiger partial charge in [0.15, 0.2) is 11.7 Å². The van der Waals surface area contributed by atoms with Gasteiger partial charge in [0.1, 0.15) is 5.75 Å². The van der Waals surface area contributed by atoms with Crippen molar-refractivity contribution in [2.45, 2.75) is 25.6 Å². The first-order valence-electron chi connectivity index (χ1n) is 5.22. The van der Waals surface area contributed by atoms with Crippen LogP contribution in [0, 0.1) is 0 Å². The van der Waals surface area contributed by atoms with Crippen molar-refractivity contribution in [2.24, 2.45) is 0 Å². The van der Waals surface area contributed by atoms with Gasteiger partial charge in [0.05, 0.1) is 7.11 Å². The monoisotopic (exact) mass is 259 g/mol. The van der Waals surface area contributed by atoms with Gasteiger partial charge in [-0.2, -0.15) is 9.79 Å². The summed E-state index contributed by atoms with van der Waals surface area (Å²) in [6.45, 7) is 3.50. The summed E-state index contributed by atoms with van der Waals surface area (Å²) in [5, 5.41) is 0. The van der Waals surface area contributed by atoms with E-state index in [9.17, 15) is 9.79 Å². The van der Waals surface area contributed by atoms with Gasteiger partial charge in [0, 0.05) is 5.56 Å². The van der Waals surface area contributed by atoms with Crippen molar-refractivity contribution in [1.82, 2.24) is 0 Å². The summed E-state index contributed by atoms with van der Waals surface area (Å²) in [5.41, 5.74) is -0.0729. The maximum absolute atomic E-state index is 9.51. The number of benzene rings is 1. The number of hydrogen-bond donors (Lipinski definition) is 2. The van der Waals surface area contributed by atoms with Crippen LogP contribution in [0.4, 0.5) is 0 Å². The minimum absolute atomic E-state index is 0.568. The molecule has 2 N–H and O–H groups in total. The largest absolute Gasteiger partial charge is 0.571 e. The Balaban J connectivity index is 2.40. The quantitative estimate of drug-likeness (QED) is 0.797. The van der Waals surface area contributed by atoms with Gasteiger partial charge in [0.25, 0.3) is 0 Å². The van der Waals surface area contributed by atoms with Crippen LogP contribution in [0.3, 0.4) is 0 Å². The van der Waals surface area contributed by atoms with Crippen LogP contribution >= 0.6 is 8.17 Å². The third-order valence-corrected chi connectivity index (χ3v) is 3.84. The molecule has 0 aromatic heterocycles. The highest BCUT2D eigenvalue weighted by molar-refractivity contribution is 7.54. The van der Waals surface area contributed by atoms with Crippen molar-refractivity contribution in [3.8, 4) is 5.75 Å². The maximum atomic E-state index is 9.51. The van der Waals surface area contributed by atoms with Gasteiger partial charge in [0.2, 0.25) is 0 Å². The zero-order chi connectivity index (χ0) is 12.7.